The molecule has 704 valence electrons. The Morgan fingerprint density at radius 3 is 1.18 bits per heavy atom. The molecule has 0 aromatic heterocycles. The third kappa shape index (κ3) is 35.6. The summed E-state index contributed by atoms with van der Waals surface area (Å²) in [4.78, 5) is 160. The van der Waals surface area contributed by atoms with Crippen molar-refractivity contribution >= 4 is 77.8 Å². The van der Waals surface area contributed by atoms with Gasteiger partial charge in [0.15, 0.2) is 0 Å². The smallest absolute Gasteiger partial charge is 0.411 e. The number of nitrogens with zero attached hydrogens (tertiary/aromatic N) is 2. The molecule has 130 heavy (non-hydrogen) atoms. The number of amides is 9. The summed E-state index contributed by atoms with van der Waals surface area (Å²) in [6, 6.07) is 50.2. The predicted octanol–water partition coefficient (Wildman–Crippen LogP) is 13.6. The van der Waals surface area contributed by atoms with Crippen molar-refractivity contribution in [3.8, 4) is 0 Å². The molecule has 0 spiro atoms. The van der Waals surface area contributed by atoms with Crippen LogP contribution in [0.2, 0.25) is 0 Å². The van der Waals surface area contributed by atoms with E-state index < -0.39 is 100 Å². The Labute approximate surface area is 762 Å². The number of nitrogens with two attached hydrogens (primary N) is 1. The van der Waals surface area contributed by atoms with Gasteiger partial charge in [-0.05, 0) is 208 Å². The first-order valence-electron chi connectivity index (χ1n) is 44.8. The number of rotatable bonds is 24. The molecule has 31 nitrogen and oxygen atoms in total. The lowest BCUT2D eigenvalue weighted by atomic mass is 9.79. The summed E-state index contributed by atoms with van der Waals surface area (Å²) in [6.45, 7) is 21.8. The second-order valence-corrected chi connectivity index (χ2v) is 37.4. The van der Waals surface area contributed by atoms with Crippen LogP contribution in [0.25, 0.3) is 0 Å². The molecular formula is C99H132N10O21. The molecule has 0 bridgehead atoms. The topological polar surface area (TPSA) is 434 Å². The molecule has 0 unspecified atom stereocenters. The first-order chi connectivity index (χ1) is 61.5. The highest BCUT2D eigenvalue weighted by Gasteiger charge is 2.45. The minimum Gasteiger partial charge on any atom is -0.481 e. The Bertz CT molecular complexity index is 4780. The van der Waals surface area contributed by atoms with Gasteiger partial charge in [0.1, 0.15) is 61.8 Å². The van der Waals surface area contributed by atoms with Crippen molar-refractivity contribution < 1.29 is 101 Å². The van der Waals surface area contributed by atoms with Gasteiger partial charge in [-0.1, -0.05) is 185 Å². The molecule has 11 N–H and O–H groups in total. The third-order valence-corrected chi connectivity index (χ3v) is 22.2. The van der Waals surface area contributed by atoms with Gasteiger partial charge in [-0.2, -0.15) is 0 Å². The molecule has 0 radical (unpaired) electrons. The molecule has 31 heteroatoms. The molecule has 6 aliphatic rings. The lowest BCUT2D eigenvalue weighted by molar-refractivity contribution is -0.162. The highest BCUT2D eigenvalue weighted by molar-refractivity contribution is 5.89. The van der Waals surface area contributed by atoms with Crippen LogP contribution >= 0.6 is 0 Å². The summed E-state index contributed by atoms with van der Waals surface area (Å²) in [5, 5.41) is 37.5. The number of carbonyl (C=O) groups excluding carboxylic acids is 11. The zero-order valence-corrected chi connectivity index (χ0v) is 77.0. The summed E-state index contributed by atoms with van der Waals surface area (Å²) in [5.74, 6) is -4.82. The summed E-state index contributed by atoms with van der Waals surface area (Å²) < 4.78 is 31.2. The number of aliphatic carboxylic acids is 2. The van der Waals surface area contributed by atoms with Crippen LogP contribution in [0.15, 0.2) is 164 Å². The maximum absolute atomic E-state index is 13.5. The monoisotopic (exact) mass is 1800 g/mol. The average molecular weight is 1800 g/mol. The van der Waals surface area contributed by atoms with E-state index in [0.717, 1.165) is 92.9 Å². The van der Waals surface area contributed by atoms with Crippen LogP contribution in [0.3, 0.4) is 0 Å². The Kier molecular flexibility index (Phi) is 39.1. The molecule has 2 saturated heterocycles. The SMILES string of the molecule is CC(C)(C)OC(=O)C[C@H](C(=O)O)C(C)(C)C.CC(C)(C)OC(=O)N1C[C@@H](N)C[C@H]1C(=O)N[C@@H]1CCCc2ccccc21.CC(C)(C)OC(=O)N1C[C@@H](NC(=O)CNC(=O)OCc2ccccc2)C[C@H]1C(=O)N[C@@H]1CCCc2ccccc21.O=C(CNC(=O)OCc1ccccc1)N[C@@H]1CC[C@H](C(=O)N[C@@H]2CCCc3ccccc32)C1.O=C(O)CCC(=O)OCc1ccccc1. The van der Waals surface area contributed by atoms with Gasteiger partial charge >= 0.3 is 48.3 Å². The fraction of sp³-hybridized carbons (Fsp3) is 0.505. The average Bonchev–Trinajstić information content (AvgIpc) is 1.65. The number of benzene rings is 6. The maximum Gasteiger partial charge on any atom is 0.411 e. The number of hydrogen-bond donors (Lipinski definition) is 10. The fourth-order valence-electron chi connectivity index (χ4n) is 16.0. The van der Waals surface area contributed by atoms with E-state index in [4.69, 9.17) is 44.4 Å². The maximum atomic E-state index is 13.5. The zero-order chi connectivity index (χ0) is 94.9. The largest absolute Gasteiger partial charge is 0.481 e. The van der Waals surface area contributed by atoms with Crippen LogP contribution in [0.5, 0.6) is 0 Å². The number of carbonyl (C=O) groups is 13. The van der Waals surface area contributed by atoms with Gasteiger partial charge in [0.25, 0.3) is 0 Å². The predicted molar refractivity (Wildman–Crippen MR) is 486 cm³/mol. The van der Waals surface area contributed by atoms with Gasteiger partial charge in [0.2, 0.25) is 29.5 Å². The Balaban J connectivity index is 0.000000210. The van der Waals surface area contributed by atoms with Crippen molar-refractivity contribution in [1.82, 2.24) is 47.0 Å². The van der Waals surface area contributed by atoms with E-state index in [-0.39, 0.29) is 125 Å². The van der Waals surface area contributed by atoms with Crippen molar-refractivity contribution in [3.05, 3.63) is 214 Å². The Morgan fingerprint density at radius 1 is 0.408 bits per heavy atom. The standard InChI is InChI=1S/C30H38N4O6.C26H31N3O4.C20H29N3O3.C12H22O4.C11H12O4/c1-30(2,3)40-29(38)34-18-22(32-26(35)17-31-28(37)39-19-20-10-5-4-6-11-20)16-25(34)27(36)33-24-15-9-13-21-12-7-8-14-23(21)24;30-24(16-27-26(32)33-17-18-7-2-1-3-8-18)28-21-14-13-20(15-21)25(31)29-23-12-6-10-19-9-4-5-11-22(19)23;1-20(2,3)26-19(25)23-12-14(21)11-17(23)18(24)22-16-10-6-8-13-7-4-5-9-15(13)16;1-11(2,3)8(10(14)15)7-9(13)16-12(4,5)6;12-10(13)6-7-11(14)15-8-9-4-2-1-3-5-9/h4-8,10-12,14,22,24-25H,9,13,15-19H2,1-3H3,(H,31,37)(H,32,35)(H,33,36);1-5,7-9,11,20-21,23H,6,10,12-17H2,(H,27,32)(H,28,30)(H,29,31);4-5,7,9,14,16-17H,6,8,10-12,21H2,1-3H3,(H,22,24);8H,7H2,1-6H3,(H,14,15);1-5H,6-8H2,(H,12,13)/t22-,24+,25-;20-,21+,23+;14-,16+,17-;8-;/m0001./s1. The number of esters is 2. The summed E-state index contributed by atoms with van der Waals surface area (Å²) >= 11 is 0. The fourth-order valence-corrected chi connectivity index (χ4v) is 16.0. The molecule has 2 heterocycles. The lowest BCUT2D eigenvalue weighted by Crippen LogP contribution is -2.48. The highest BCUT2D eigenvalue weighted by Crippen LogP contribution is 2.36. The number of alkyl carbamates (subject to hydrolysis) is 2. The molecule has 9 amide bonds. The molecule has 4 aliphatic carbocycles. The number of nitrogens with one attached hydrogen (secondary N) is 7. The van der Waals surface area contributed by atoms with E-state index in [1.807, 2.05) is 154 Å². The Hall–Kier alpha value is -12.4. The summed E-state index contributed by atoms with van der Waals surface area (Å²) in [5.41, 5.74) is 13.6. The van der Waals surface area contributed by atoms with Crippen LogP contribution in [-0.2, 0) is 111 Å². The van der Waals surface area contributed by atoms with Gasteiger partial charge in [-0.3, -0.25) is 53.0 Å². The zero-order valence-electron chi connectivity index (χ0n) is 77.0. The van der Waals surface area contributed by atoms with Crippen molar-refractivity contribution in [2.75, 3.05) is 26.2 Å². The van der Waals surface area contributed by atoms with Crippen LogP contribution in [0.4, 0.5) is 19.2 Å². The second kappa shape index (κ2) is 49.4. The molecule has 1 saturated carbocycles. The Morgan fingerprint density at radius 2 is 0.785 bits per heavy atom. The van der Waals surface area contributed by atoms with Gasteiger partial charge in [0, 0.05) is 37.1 Å². The van der Waals surface area contributed by atoms with Gasteiger partial charge in [0.05, 0.1) is 43.3 Å². The summed E-state index contributed by atoms with van der Waals surface area (Å²) in [6.07, 6.45) is 8.84. The van der Waals surface area contributed by atoms with Gasteiger partial charge in [-0.25, -0.2) is 19.2 Å². The van der Waals surface area contributed by atoms with E-state index in [1.165, 1.54) is 37.6 Å². The molecule has 6 aromatic rings. The molecule has 2 aliphatic heterocycles. The minimum absolute atomic E-state index is 0.00948. The van der Waals surface area contributed by atoms with E-state index >= 15 is 0 Å². The molecule has 12 rings (SSSR count). The number of hydrogen-bond acceptors (Lipinski definition) is 20. The quantitative estimate of drug-likeness (QED) is 0.0199. The van der Waals surface area contributed by atoms with Crippen LogP contribution in [-0.4, -0.2) is 171 Å². The summed E-state index contributed by atoms with van der Waals surface area (Å²) in [7, 11) is 0. The van der Waals surface area contributed by atoms with Gasteiger partial charge in [-0.15, -0.1) is 0 Å². The van der Waals surface area contributed by atoms with Crippen molar-refractivity contribution in [1.29, 1.82) is 0 Å². The third-order valence-electron chi connectivity index (χ3n) is 22.2. The highest BCUT2D eigenvalue weighted by atomic mass is 16.6. The lowest BCUT2D eigenvalue weighted by Gasteiger charge is -2.31. The normalized spacial score (nSPS) is 19.7. The van der Waals surface area contributed by atoms with Crippen molar-refractivity contribution in [2.45, 2.75) is 277 Å². The van der Waals surface area contributed by atoms with E-state index in [0.29, 0.717) is 19.4 Å². The van der Waals surface area contributed by atoms with Crippen molar-refractivity contribution in [3.63, 3.8) is 0 Å². The number of carboxylic acids is 2. The number of carboxylic acid groups (broad SMARTS) is 2. The molecule has 10 atom stereocenters. The first-order valence-corrected chi connectivity index (χ1v) is 44.8. The number of aryl methyl sites for hydroxylation is 3. The number of ether oxygens (including phenoxy) is 6. The van der Waals surface area contributed by atoms with E-state index in [9.17, 15) is 62.3 Å². The van der Waals surface area contributed by atoms with Crippen LogP contribution in [0, 0.1) is 17.3 Å². The number of likely N-dealkylation sites (tertiary alicyclic amines) is 2. The molecule has 3 fully saturated rings. The first kappa shape index (κ1) is 103. The van der Waals surface area contributed by atoms with E-state index in [1.54, 1.807) is 62.3 Å². The number of fused-ring (bicyclic) bond motifs is 3. The minimum atomic E-state index is -0.994. The van der Waals surface area contributed by atoms with Crippen LogP contribution in [0.1, 0.15) is 241 Å². The molecule has 6 aromatic carbocycles. The van der Waals surface area contributed by atoms with Crippen LogP contribution < -0.4 is 43.0 Å². The second-order valence-electron chi connectivity index (χ2n) is 37.4. The van der Waals surface area contributed by atoms with Crippen molar-refractivity contribution in [2.24, 2.45) is 23.0 Å². The van der Waals surface area contributed by atoms with Gasteiger partial charge < -0.3 is 81.6 Å². The molecular weight excluding hydrogens is 1670 g/mol. The van der Waals surface area contributed by atoms with E-state index in [2.05, 4.69) is 67.5 Å².